The van der Waals surface area contributed by atoms with E-state index in [0.717, 1.165) is 5.56 Å². The molecular formula is C13H15NO4. The number of hydrogen-bond donors (Lipinski definition) is 1. The molecule has 1 heterocycles. The number of hydrogen-bond acceptors (Lipinski definition) is 3. The molecule has 0 radical (unpaired) electrons. The first-order chi connectivity index (χ1) is 8.56. The fourth-order valence-corrected chi connectivity index (χ4v) is 2.43. The van der Waals surface area contributed by atoms with Crippen LogP contribution in [0.3, 0.4) is 0 Å². The topological polar surface area (TPSA) is 66.8 Å². The Bertz CT molecular complexity index is 486. The summed E-state index contributed by atoms with van der Waals surface area (Å²) in [4.78, 5) is 24.4. The molecule has 2 atom stereocenters. The summed E-state index contributed by atoms with van der Waals surface area (Å²) in [7, 11) is 3.16. The maximum Gasteiger partial charge on any atom is 0.309 e. The van der Waals surface area contributed by atoms with Crippen LogP contribution in [0.2, 0.25) is 0 Å². The zero-order chi connectivity index (χ0) is 13.3. The van der Waals surface area contributed by atoms with Crippen LogP contribution in [0.15, 0.2) is 24.3 Å². The summed E-state index contributed by atoms with van der Waals surface area (Å²) in [5, 5.41) is 9.22. The number of carboxylic acids is 1. The van der Waals surface area contributed by atoms with Crippen LogP contribution in [0.25, 0.3) is 0 Å². The minimum atomic E-state index is -0.955. The van der Waals surface area contributed by atoms with Crippen LogP contribution >= 0.6 is 0 Å². The van der Waals surface area contributed by atoms with Crippen molar-refractivity contribution in [3.05, 3.63) is 29.8 Å². The van der Waals surface area contributed by atoms with E-state index < -0.39 is 17.9 Å². The van der Waals surface area contributed by atoms with Crippen molar-refractivity contribution in [2.45, 2.75) is 12.5 Å². The monoisotopic (exact) mass is 249 g/mol. The number of carboxylic acid groups (broad SMARTS) is 1. The van der Waals surface area contributed by atoms with Crippen LogP contribution in [0, 0.1) is 5.92 Å². The lowest BCUT2D eigenvalue weighted by Gasteiger charge is -2.24. The van der Waals surface area contributed by atoms with Gasteiger partial charge in [0.1, 0.15) is 5.75 Å². The number of carbonyl (C=O) groups is 2. The highest BCUT2D eigenvalue weighted by Crippen LogP contribution is 2.40. The van der Waals surface area contributed by atoms with Gasteiger partial charge in [-0.3, -0.25) is 9.59 Å². The maximum atomic E-state index is 11.7. The highest BCUT2D eigenvalue weighted by atomic mass is 16.5. The highest BCUT2D eigenvalue weighted by Gasteiger charge is 2.43. The van der Waals surface area contributed by atoms with Crippen molar-refractivity contribution in [3.8, 4) is 5.75 Å². The van der Waals surface area contributed by atoms with Crippen LogP contribution in [0.5, 0.6) is 5.75 Å². The predicted molar refractivity (Wildman–Crippen MR) is 64.2 cm³/mol. The van der Waals surface area contributed by atoms with Crippen LogP contribution in [-0.4, -0.2) is 36.0 Å². The Balaban J connectivity index is 2.46. The molecule has 2 rings (SSSR count). The third-order valence-electron chi connectivity index (χ3n) is 3.36. The van der Waals surface area contributed by atoms with Gasteiger partial charge >= 0.3 is 5.97 Å². The SMILES string of the molecule is COc1ccccc1[C@H]1[C@@H](C(=O)O)CC(=O)N1C. The normalized spacial score (nSPS) is 23.2. The van der Waals surface area contributed by atoms with Gasteiger partial charge in [0.2, 0.25) is 5.91 Å². The minimum Gasteiger partial charge on any atom is -0.496 e. The molecule has 0 spiro atoms. The first-order valence-electron chi connectivity index (χ1n) is 5.67. The first kappa shape index (κ1) is 12.4. The summed E-state index contributed by atoms with van der Waals surface area (Å²) in [6.07, 6.45) is 0.0363. The summed E-state index contributed by atoms with van der Waals surface area (Å²) >= 11 is 0. The van der Waals surface area contributed by atoms with E-state index in [-0.39, 0.29) is 12.3 Å². The zero-order valence-corrected chi connectivity index (χ0v) is 10.3. The van der Waals surface area contributed by atoms with Crippen LogP contribution in [-0.2, 0) is 9.59 Å². The van der Waals surface area contributed by atoms with Gasteiger partial charge in [0.15, 0.2) is 0 Å². The van der Waals surface area contributed by atoms with E-state index in [9.17, 15) is 14.7 Å². The number of likely N-dealkylation sites (tertiary alicyclic amines) is 1. The van der Waals surface area contributed by atoms with Crippen molar-refractivity contribution < 1.29 is 19.4 Å². The standard InChI is InChI=1S/C13H15NO4/c1-14-11(15)7-9(13(16)17)12(14)8-5-3-4-6-10(8)18-2/h3-6,9,12H,7H2,1-2H3,(H,16,17)/t9-,12-/m0/s1. The maximum absolute atomic E-state index is 11.7. The Morgan fingerprint density at radius 3 is 2.72 bits per heavy atom. The molecule has 1 N–H and O–H groups in total. The molecule has 0 saturated carbocycles. The summed E-state index contributed by atoms with van der Waals surface area (Å²) in [5.74, 6) is -1.23. The van der Waals surface area contributed by atoms with Gasteiger partial charge in [-0.25, -0.2) is 0 Å². The van der Waals surface area contributed by atoms with Crippen molar-refractivity contribution in [3.63, 3.8) is 0 Å². The molecule has 18 heavy (non-hydrogen) atoms. The third kappa shape index (κ3) is 1.92. The Kier molecular flexibility index (Phi) is 3.23. The number of aliphatic carboxylic acids is 1. The number of carbonyl (C=O) groups excluding carboxylic acids is 1. The molecule has 1 aliphatic heterocycles. The second-order valence-electron chi connectivity index (χ2n) is 4.34. The van der Waals surface area contributed by atoms with E-state index in [1.54, 1.807) is 19.2 Å². The zero-order valence-electron chi connectivity index (χ0n) is 10.3. The number of methoxy groups -OCH3 is 1. The quantitative estimate of drug-likeness (QED) is 0.876. The molecule has 1 aliphatic rings. The molecule has 1 fully saturated rings. The van der Waals surface area contributed by atoms with Gasteiger partial charge in [0, 0.05) is 19.0 Å². The second-order valence-corrected chi connectivity index (χ2v) is 4.34. The van der Waals surface area contributed by atoms with Gasteiger partial charge in [-0.2, -0.15) is 0 Å². The molecule has 5 heteroatoms. The van der Waals surface area contributed by atoms with Crippen molar-refractivity contribution >= 4 is 11.9 Å². The third-order valence-corrected chi connectivity index (χ3v) is 3.36. The smallest absolute Gasteiger partial charge is 0.309 e. The molecule has 1 aromatic carbocycles. The fourth-order valence-electron chi connectivity index (χ4n) is 2.43. The van der Waals surface area contributed by atoms with Crippen molar-refractivity contribution in [2.75, 3.05) is 14.2 Å². The Morgan fingerprint density at radius 2 is 2.11 bits per heavy atom. The van der Waals surface area contributed by atoms with Crippen molar-refractivity contribution in [1.29, 1.82) is 0 Å². The van der Waals surface area contributed by atoms with Gasteiger partial charge in [0.25, 0.3) is 0 Å². The van der Waals surface area contributed by atoms with E-state index in [1.165, 1.54) is 12.0 Å². The number of ether oxygens (including phenoxy) is 1. The second kappa shape index (κ2) is 4.68. The molecule has 1 saturated heterocycles. The average molecular weight is 249 g/mol. The van der Waals surface area contributed by atoms with Gasteiger partial charge in [-0.15, -0.1) is 0 Å². The number of para-hydroxylation sites is 1. The van der Waals surface area contributed by atoms with Crippen LogP contribution < -0.4 is 4.74 Å². The van der Waals surface area contributed by atoms with E-state index in [0.29, 0.717) is 5.75 Å². The Hall–Kier alpha value is -2.04. The first-order valence-corrected chi connectivity index (χ1v) is 5.67. The molecular weight excluding hydrogens is 234 g/mol. The van der Waals surface area contributed by atoms with E-state index in [1.807, 2.05) is 12.1 Å². The number of nitrogens with zero attached hydrogens (tertiary/aromatic N) is 1. The lowest BCUT2D eigenvalue weighted by Crippen LogP contribution is -2.27. The molecule has 0 unspecified atom stereocenters. The number of benzene rings is 1. The molecule has 1 amide bonds. The van der Waals surface area contributed by atoms with Gasteiger partial charge in [-0.1, -0.05) is 18.2 Å². The lowest BCUT2D eigenvalue weighted by molar-refractivity contribution is -0.142. The average Bonchev–Trinajstić information content (AvgIpc) is 2.66. The van der Waals surface area contributed by atoms with E-state index >= 15 is 0 Å². The van der Waals surface area contributed by atoms with Gasteiger partial charge < -0.3 is 14.7 Å². The van der Waals surface area contributed by atoms with Crippen molar-refractivity contribution in [1.82, 2.24) is 4.90 Å². The number of amides is 1. The lowest BCUT2D eigenvalue weighted by atomic mass is 9.93. The summed E-state index contributed by atoms with van der Waals surface area (Å²) in [5.41, 5.74) is 0.737. The Morgan fingerprint density at radius 1 is 1.44 bits per heavy atom. The predicted octanol–water partition coefficient (Wildman–Crippen LogP) is 1.30. The fraction of sp³-hybridized carbons (Fsp3) is 0.385. The van der Waals surface area contributed by atoms with Crippen LogP contribution in [0.1, 0.15) is 18.0 Å². The summed E-state index contributed by atoms with van der Waals surface area (Å²) < 4.78 is 5.24. The largest absolute Gasteiger partial charge is 0.496 e. The molecule has 0 aliphatic carbocycles. The summed E-state index contributed by atoms with van der Waals surface area (Å²) in [6.45, 7) is 0. The van der Waals surface area contributed by atoms with E-state index in [4.69, 9.17) is 4.74 Å². The van der Waals surface area contributed by atoms with Crippen LogP contribution in [0.4, 0.5) is 0 Å². The van der Waals surface area contributed by atoms with Crippen molar-refractivity contribution in [2.24, 2.45) is 5.92 Å². The molecule has 0 aromatic heterocycles. The number of rotatable bonds is 3. The van der Waals surface area contributed by atoms with E-state index in [2.05, 4.69) is 0 Å². The molecule has 5 nitrogen and oxygen atoms in total. The molecule has 0 bridgehead atoms. The molecule has 1 aromatic rings. The molecule has 96 valence electrons. The Labute approximate surface area is 105 Å². The van der Waals surface area contributed by atoms with Gasteiger partial charge in [-0.05, 0) is 6.07 Å². The van der Waals surface area contributed by atoms with Gasteiger partial charge in [0.05, 0.1) is 19.1 Å². The summed E-state index contributed by atoms with van der Waals surface area (Å²) in [6, 6.07) is 6.73. The minimum absolute atomic E-state index is 0.0363. The highest BCUT2D eigenvalue weighted by molar-refractivity contribution is 5.87.